The zero-order valence-electron chi connectivity index (χ0n) is 14.0. The molecular weight excluding hydrogens is 310 g/mol. The molecule has 1 saturated carbocycles. The van der Waals surface area contributed by atoms with E-state index in [0.29, 0.717) is 25.7 Å². The first-order chi connectivity index (χ1) is 10.7. The Labute approximate surface area is 135 Å². The van der Waals surface area contributed by atoms with Crippen LogP contribution in [0.3, 0.4) is 0 Å². The fourth-order valence-electron chi connectivity index (χ4n) is 2.39. The van der Waals surface area contributed by atoms with Crippen molar-refractivity contribution in [1.82, 2.24) is 0 Å². The lowest BCUT2D eigenvalue weighted by atomic mass is 9.87. The standard InChI is InChI=1S/C16H26F2O5/c1-16(2,3)23-14(19)10-22-12-6-4-11(5-7-12)15(20)21-9-8-13(17)18/h11-13H,4-10H2,1-3H3. The van der Waals surface area contributed by atoms with E-state index < -0.39 is 30.4 Å². The number of halogens is 2. The molecule has 0 saturated heterocycles. The molecule has 1 aliphatic carbocycles. The van der Waals surface area contributed by atoms with Gasteiger partial charge in [0.1, 0.15) is 12.2 Å². The predicted molar refractivity (Wildman–Crippen MR) is 79.1 cm³/mol. The highest BCUT2D eigenvalue weighted by atomic mass is 19.3. The van der Waals surface area contributed by atoms with Gasteiger partial charge in [0.2, 0.25) is 6.43 Å². The van der Waals surface area contributed by atoms with E-state index >= 15 is 0 Å². The van der Waals surface area contributed by atoms with Gasteiger partial charge >= 0.3 is 11.9 Å². The van der Waals surface area contributed by atoms with Crippen LogP contribution in [-0.4, -0.2) is 43.3 Å². The van der Waals surface area contributed by atoms with E-state index in [1.165, 1.54) is 0 Å². The molecule has 0 aromatic carbocycles. The minimum Gasteiger partial charge on any atom is -0.465 e. The van der Waals surface area contributed by atoms with Crippen LogP contribution in [0.1, 0.15) is 52.9 Å². The van der Waals surface area contributed by atoms with Crippen molar-refractivity contribution < 1.29 is 32.6 Å². The molecule has 1 fully saturated rings. The van der Waals surface area contributed by atoms with E-state index in [0.717, 1.165) is 0 Å². The zero-order valence-corrected chi connectivity index (χ0v) is 14.0. The van der Waals surface area contributed by atoms with Crippen molar-refractivity contribution in [2.45, 2.75) is 71.0 Å². The summed E-state index contributed by atoms with van der Waals surface area (Å²) in [5.74, 6) is -1.10. The molecule has 0 heterocycles. The summed E-state index contributed by atoms with van der Waals surface area (Å²) in [6, 6.07) is 0. The third kappa shape index (κ3) is 8.83. The number of rotatable bonds is 7. The molecule has 1 aliphatic rings. The van der Waals surface area contributed by atoms with Gasteiger partial charge in [0.15, 0.2) is 0 Å². The molecule has 0 N–H and O–H groups in total. The maximum Gasteiger partial charge on any atom is 0.332 e. The average molecular weight is 336 g/mol. The Bertz CT molecular complexity index is 384. The van der Waals surface area contributed by atoms with Crippen molar-refractivity contribution in [2.24, 2.45) is 5.92 Å². The summed E-state index contributed by atoms with van der Waals surface area (Å²) in [5, 5.41) is 0. The summed E-state index contributed by atoms with van der Waals surface area (Å²) < 4.78 is 39.5. The Morgan fingerprint density at radius 3 is 2.26 bits per heavy atom. The summed E-state index contributed by atoms with van der Waals surface area (Å²) in [6.45, 7) is 5.01. The van der Waals surface area contributed by atoms with Gasteiger partial charge in [-0.2, -0.15) is 0 Å². The van der Waals surface area contributed by atoms with E-state index in [-0.39, 0.29) is 25.2 Å². The van der Waals surface area contributed by atoms with Crippen molar-refractivity contribution in [1.29, 1.82) is 0 Å². The van der Waals surface area contributed by atoms with Crippen molar-refractivity contribution in [3.63, 3.8) is 0 Å². The van der Waals surface area contributed by atoms with Crippen molar-refractivity contribution in [2.75, 3.05) is 13.2 Å². The highest BCUT2D eigenvalue weighted by molar-refractivity contribution is 5.72. The molecule has 0 spiro atoms. The largest absolute Gasteiger partial charge is 0.465 e. The second kappa shape index (κ2) is 9.15. The maximum absolute atomic E-state index is 12.0. The van der Waals surface area contributed by atoms with Crippen LogP contribution in [0.15, 0.2) is 0 Å². The normalized spacial score (nSPS) is 22.0. The van der Waals surface area contributed by atoms with E-state index in [9.17, 15) is 18.4 Å². The molecule has 23 heavy (non-hydrogen) atoms. The minimum atomic E-state index is -2.46. The van der Waals surface area contributed by atoms with Gasteiger partial charge in [-0.05, 0) is 46.5 Å². The third-order valence-corrected chi connectivity index (χ3v) is 3.44. The highest BCUT2D eigenvalue weighted by Gasteiger charge is 2.28. The first-order valence-electron chi connectivity index (χ1n) is 7.95. The van der Waals surface area contributed by atoms with E-state index in [1.54, 1.807) is 20.8 Å². The topological polar surface area (TPSA) is 61.8 Å². The lowest BCUT2D eigenvalue weighted by Gasteiger charge is -2.27. The second-order valence-corrected chi connectivity index (χ2v) is 6.72. The van der Waals surface area contributed by atoms with Crippen molar-refractivity contribution >= 4 is 11.9 Å². The molecule has 7 heteroatoms. The van der Waals surface area contributed by atoms with Crippen LogP contribution in [0.4, 0.5) is 8.78 Å². The zero-order chi connectivity index (χ0) is 17.5. The van der Waals surface area contributed by atoms with Crippen molar-refractivity contribution in [3.8, 4) is 0 Å². The fraction of sp³-hybridized carbons (Fsp3) is 0.875. The summed E-state index contributed by atoms with van der Waals surface area (Å²) in [5.41, 5.74) is -0.542. The van der Waals surface area contributed by atoms with Crippen LogP contribution in [0.2, 0.25) is 0 Å². The Morgan fingerprint density at radius 2 is 1.74 bits per heavy atom. The van der Waals surface area contributed by atoms with Crippen LogP contribution >= 0.6 is 0 Å². The van der Waals surface area contributed by atoms with Crippen LogP contribution < -0.4 is 0 Å². The van der Waals surface area contributed by atoms with Gasteiger partial charge in [-0.15, -0.1) is 0 Å². The molecule has 0 aromatic heterocycles. The molecular formula is C16H26F2O5. The molecule has 134 valence electrons. The lowest BCUT2D eigenvalue weighted by molar-refractivity contribution is -0.164. The van der Waals surface area contributed by atoms with E-state index in [2.05, 4.69) is 0 Å². The lowest BCUT2D eigenvalue weighted by Crippen LogP contribution is -2.31. The smallest absolute Gasteiger partial charge is 0.332 e. The van der Waals surface area contributed by atoms with Crippen LogP contribution in [0.5, 0.6) is 0 Å². The van der Waals surface area contributed by atoms with Crippen LogP contribution in [0, 0.1) is 5.92 Å². The monoisotopic (exact) mass is 336 g/mol. The molecule has 5 nitrogen and oxygen atoms in total. The Kier molecular flexibility index (Phi) is 7.88. The summed E-state index contributed by atoms with van der Waals surface area (Å²) >= 11 is 0. The van der Waals surface area contributed by atoms with Crippen molar-refractivity contribution in [3.05, 3.63) is 0 Å². The molecule has 0 aromatic rings. The Balaban J connectivity index is 2.20. The molecule has 0 atom stereocenters. The van der Waals surface area contributed by atoms with Gasteiger partial charge < -0.3 is 14.2 Å². The van der Waals surface area contributed by atoms with Crippen LogP contribution in [0.25, 0.3) is 0 Å². The summed E-state index contributed by atoms with van der Waals surface area (Å²) in [6.07, 6.45) is -0.555. The predicted octanol–water partition coefficient (Wildman–Crippen LogP) is 3.10. The van der Waals surface area contributed by atoms with Gasteiger partial charge in [-0.25, -0.2) is 13.6 Å². The van der Waals surface area contributed by atoms with E-state index in [4.69, 9.17) is 14.2 Å². The maximum atomic E-state index is 12.0. The molecule has 0 amide bonds. The number of alkyl halides is 2. The first-order valence-corrected chi connectivity index (χ1v) is 7.95. The van der Waals surface area contributed by atoms with Gasteiger partial charge in [0.25, 0.3) is 0 Å². The molecule has 0 unspecified atom stereocenters. The molecule has 0 bridgehead atoms. The number of hydrogen-bond acceptors (Lipinski definition) is 5. The quantitative estimate of drug-likeness (QED) is 0.669. The molecule has 0 aliphatic heterocycles. The number of esters is 2. The third-order valence-electron chi connectivity index (χ3n) is 3.44. The fourth-order valence-corrected chi connectivity index (χ4v) is 2.39. The van der Waals surface area contributed by atoms with Gasteiger partial charge in [0.05, 0.1) is 18.6 Å². The number of carbonyl (C=O) groups excluding carboxylic acids is 2. The first kappa shape index (κ1) is 19.8. The average Bonchev–Trinajstić information content (AvgIpc) is 2.43. The number of hydrogen-bond donors (Lipinski definition) is 0. The summed E-state index contributed by atoms with van der Waals surface area (Å²) in [4.78, 5) is 23.3. The molecule has 1 rings (SSSR count). The Hall–Kier alpha value is -1.24. The highest BCUT2D eigenvalue weighted by Crippen LogP contribution is 2.27. The number of ether oxygens (including phenoxy) is 3. The Morgan fingerprint density at radius 1 is 1.13 bits per heavy atom. The molecule has 0 radical (unpaired) electrons. The summed E-state index contributed by atoms with van der Waals surface area (Å²) in [7, 11) is 0. The SMILES string of the molecule is CC(C)(C)OC(=O)COC1CCC(C(=O)OCCC(F)F)CC1. The second-order valence-electron chi connectivity index (χ2n) is 6.72. The van der Waals surface area contributed by atoms with Crippen LogP contribution in [-0.2, 0) is 23.8 Å². The van der Waals surface area contributed by atoms with E-state index in [1.807, 2.05) is 0 Å². The van der Waals surface area contributed by atoms with Gasteiger partial charge in [-0.1, -0.05) is 0 Å². The minimum absolute atomic E-state index is 0.0902. The number of carbonyl (C=O) groups is 2. The van der Waals surface area contributed by atoms with Gasteiger partial charge in [-0.3, -0.25) is 4.79 Å². The van der Waals surface area contributed by atoms with Gasteiger partial charge in [0, 0.05) is 6.42 Å².